The lowest BCUT2D eigenvalue weighted by Crippen LogP contribution is -2.00. The highest BCUT2D eigenvalue weighted by Crippen LogP contribution is 2.40. The van der Waals surface area contributed by atoms with E-state index in [1.165, 1.54) is 10.8 Å². The summed E-state index contributed by atoms with van der Waals surface area (Å²) >= 11 is 0. The van der Waals surface area contributed by atoms with Gasteiger partial charge in [-0.1, -0.05) is 170 Å². The van der Waals surface area contributed by atoms with E-state index in [-0.39, 0.29) is 0 Å². The quantitative estimate of drug-likeness (QED) is 0.163. The second-order valence-corrected chi connectivity index (χ2v) is 13.4. The van der Waals surface area contributed by atoms with Crippen molar-refractivity contribution in [1.29, 1.82) is 0 Å². The summed E-state index contributed by atoms with van der Waals surface area (Å²) in [5.41, 5.74) is 10.5. The first-order valence-corrected chi connectivity index (χ1v) is 18.1. The number of hydrogen-bond acceptors (Lipinski definition) is 4. The van der Waals surface area contributed by atoms with Gasteiger partial charge in [0, 0.05) is 27.6 Å². The van der Waals surface area contributed by atoms with Crippen LogP contribution in [0.1, 0.15) is 0 Å². The zero-order valence-corrected chi connectivity index (χ0v) is 29.3. The predicted molar refractivity (Wildman–Crippen MR) is 223 cm³/mol. The topological polar surface area (TPSA) is 51.6 Å². The number of rotatable bonds is 6. The Morgan fingerprint density at radius 3 is 1.44 bits per heavy atom. The minimum absolute atomic E-state index is 0.641. The molecule has 0 aliphatic heterocycles. The van der Waals surface area contributed by atoms with Gasteiger partial charge in [-0.3, -0.25) is 0 Å². The largest absolute Gasteiger partial charge is 0.248 e. The van der Waals surface area contributed by atoms with Gasteiger partial charge in [0.2, 0.25) is 0 Å². The molecule has 0 N–H and O–H groups in total. The summed E-state index contributed by atoms with van der Waals surface area (Å²) < 4.78 is 0. The molecule has 0 bridgehead atoms. The molecule has 0 saturated carbocycles. The average Bonchev–Trinajstić information content (AvgIpc) is 3.26. The summed E-state index contributed by atoms with van der Waals surface area (Å²) in [5.74, 6) is 1.93. The second-order valence-electron chi connectivity index (χ2n) is 13.4. The Kier molecular flexibility index (Phi) is 7.77. The van der Waals surface area contributed by atoms with Crippen LogP contribution in [-0.4, -0.2) is 19.9 Å². The van der Waals surface area contributed by atoms with Gasteiger partial charge < -0.3 is 0 Å². The van der Waals surface area contributed by atoms with Crippen LogP contribution in [0, 0.1) is 0 Å². The van der Waals surface area contributed by atoms with Gasteiger partial charge in [-0.15, -0.1) is 0 Å². The monoisotopic (exact) mass is 688 g/mol. The van der Waals surface area contributed by atoms with E-state index in [2.05, 4.69) is 127 Å². The van der Waals surface area contributed by atoms with Gasteiger partial charge in [-0.05, 0) is 68.1 Å². The van der Waals surface area contributed by atoms with E-state index < -0.39 is 0 Å². The van der Waals surface area contributed by atoms with Crippen LogP contribution in [0.25, 0.3) is 100 Å². The van der Waals surface area contributed by atoms with Crippen molar-refractivity contribution >= 4 is 32.4 Å². The lowest BCUT2D eigenvalue weighted by Gasteiger charge is -2.15. The summed E-state index contributed by atoms with van der Waals surface area (Å²) in [7, 11) is 0. The average molecular weight is 689 g/mol. The summed E-state index contributed by atoms with van der Waals surface area (Å²) in [6.07, 6.45) is 0. The van der Waals surface area contributed by atoms with Crippen LogP contribution in [0.15, 0.2) is 194 Å². The third-order valence-electron chi connectivity index (χ3n) is 10.1. The van der Waals surface area contributed by atoms with Gasteiger partial charge in [0.05, 0.1) is 11.2 Å². The van der Waals surface area contributed by atoms with Crippen LogP contribution in [0.5, 0.6) is 0 Å². The van der Waals surface area contributed by atoms with E-state index >= 15 is 0 Å². The van der Waals surface area contributed by atoms with E-state index in [1.807, 2.05) is 66.7 Å². The lowest BCUT2D eigenvalue weighted by molar-refractivity contribution is 1.08. The van der Waals surface area contributed by atoms with Crippen molar-refractivity contribution in [2.75, 3.05) is 0 Å². The first kappa shape index (κ1) is 31.4. The van der Waals surface area contributed by atoms with Crippen LogP contribution in [0.4, 0.5) is 0 Å². The van der Waals surface area contributed by atoms with Crippen molar-refractivity contribution in [2.45, 2.75) is 0 Å². The third kappa shape index (κ3) is 5.67. The molecule has 0 radical (unpaired) electrons. The molecule has 10 rings (SSSR count). The van der Waals surface area contributed by atoms with Crippen molar-refractivity contribution < 1.29 is 0 Å². The minimum atomic E-state index is 0.641. The first-order valence-electron chi connectivity index (χ1n) is 18.1. The van der Waals surface area contributed by atoms with Crippen LogP contribution in [-0.2, 0) is 0 Å². The Labute approximate surface area is 313 Å². The maximum absolute atomic E-state index is 5.18. The number of aromatic nitrogens is 4. The SMILES string of the molecule is c1ccc(-c2cc(-c3cccc(-c4ccc(-c5nc(-c6ccccc6)nc(-c6ccccc6)n5)c5ccccc45)c3)c3c(ccc4ccccc43)n2)cc1. The highest BCUT2D eigenvalue weighted by atomic mass is 15.0. The Morgan fingerprint density at radius 1 is 0.278 bits per heavy atom. The number of pyridine rings is 1. The Bertz CT molecular complexity index is 2920. The zero-order valence-electron chi connectivity index (χ0n) is 29.3. The van der Waals surface area contributed by atoms with Gasteiger partial charge in [0.15, 0.2) is 17.5 Å². The molecular formula is C50H32N4. The highest BCUT2D eigenvalue weighted by molar-refractivity contribution is 6.14. The Balaban J connectivity index is 1.15. The number of hydrogen-bond donors (Lipinski definition) is 0. The van der Waals surface area contributed by atoms with Gasteiger partial charge in [-0.25, -0.2) is 19.9 Å². The molecule has 0 atom stereocenters. The maximum Gasteiger partial charge on any atom is 0.164 e. The molecule has 0 aliphatic rings. The van der Waals surface area contributed by atoms with Crippen molar-refractivity contribution in [1.82, 2.24) is 19.9 Å². The normalized spacial score (nSPS) is 11.3. The highest BCUT2D eigenvalue weighted by Gasteiger charge is 2.18. The molecule has 2 aromatic heterocycles. The van der Waals surface area contributed by atoms with Crippen molar-refractivity contribution in [3.8, 4) is 67.7 Å². The summed E-state index contributed by atoms with van der Waals surface area (Å²) in [6.45, 7) is 0. The summed E-state index contributed by atoms with van der Waals surface area (Å²) in [4.78, 5) is 20.2. The molecule has 8 aromatic carbocycles. The third-order valence-corrected chi connectivity index (χ3v) is 10.1. The van der Waals surface area contributed by atoms with Gasteiger partial charge in [0.1, 0.15) is 0 Å². The smallest absolute Gasteiger partial charge is 0.164 e. The van der Waals surface area contributed by atoms with Crippen LogP contribution in [0.3, 0.4) is 0 Å². The fourth-order valence-electron chi connectivity index (χ4n) is 7.52. The fourth-order valence-corrected chi connectivity index (χ4v) is 7.52. The van der Waals surface area contributed by atoms with Crippen molar-refractivity contribution in [3.05, 3.63) is 194 Å². The van der Waals surface area contributed by atoms with E-state index in [4.69, 9.17) is 19.9 Å². The fraction of sp³-hybridized carbons (Fsp3) is 0. The van der Waals surface area contributed by atoms with E-state index in [1.54, 1.807) is 0 Å². The van der Waals surface area contributed by atoms with Crippen LogP contribution < -0.4 is 0 Å². The molecule has 10 aromatic rings. The Morgan fingerprint density at radius 2 is 0.778 bits per heavy atom. The standard InChI is InChI=1S/C50H32N4/c1-4-16-34(17-5-1)46-32-44(47-40-24-11-10-15-33(40)27-30-45(47)51-46)38-23-14-22-37(31-38)39-28-29-43(42-26-13-12-25-41(39)42)50-53-48(35-18-6-2-7-19-35)52-49(54-50)36-20-8-3-9-21-36/h1-32H. The summed E-state index contributed by atoms with van der Waals surface area (Å²) in [5, 5.41) is 5.76. The number of nitrogens with zero attached hydrogens (tertiary/aromatic N) is 4. The molecular weight excluding hydrogens is 657 g/mol. The number of benzene rings is 8. The predicted octanol–water partition coefficient (Wildman–Crippen LogP) is 12.7. The first-order chi connectivity index (χ1) is 26.8. The minimum Gasteiger partial charge on any atom is -0.248 e. The molecule has 4 heteroatoms. The van der Waals surface area contributed by atoms with Crippen LogP contribution in [0.2, 0.25) is 0 Å². The number of fused-ring (bicyclic) bond motifs is 4. The molecule has 0 amide bonds. The molecule has 2 heterocycles. The molecule has 0 saturated heterocycles. The molecule has 54 heavy (non-hydrogen) atoms. The van der Waals surface area contributed by atoms with E-state index in [0.29, 0.717) is 17.5 Å². The van der Waals surface area contributed by atoms with Crippen molar-refractivity contribution in [2.24, 2.45) is 0 Å². The molecule has 0 fully saturated rings. The zero-order chi connectivity index (χ0) is 35.8. The molecule has 4 nitrogen and oxygen atoms in total. The Hall–Kier alpha value is -7.30. The molecule has 0 aliphatic carbocycles. The lowest BCUT2D eigenvalue weighted by atomic mass is 9.90. The van der Waals surface area contributed by atoms with E-state index in [0.717, 1.165) is 71.9 Å². The van der Waals surface area contributed by atoms with Crippen LogP contribution >= 0.6 is 0 Å². The van der Waals surface area contributed by atoms with Gasteiger partial charge in [0.25, 0.3) is 0 Å². The van der Waals surface area contributed by atoms with E-state index in [9.17, 15) is 0 Å². The summed E-state index contributed by atoms with van der Waals surface area (Å²) in [6, 6.07) is 67.6. The second kappa shape index (κ2) is 13.4. The van der Waals surface area contributed by atoms with Gasteiger partial charge >= 0.3 is 0 Å². The molecule has 252 valence electrons. The van der Waals surface area contributed by atoms with Gasteiger partial charge in [-0.2, -0.15) is 0 Å². The maximum atomic E-state index is 5.18. The van der Waals surface area contributed by atoms with Crippen molar-refractivity contribution in [3.63, 3.8) is 0 Å². The molecule has 0 spiro atoms. The molecule has 0 unspecified atom stereocenters.